The van der Waals surface area contributed by atoms with Crippen LogP contribution in [0.3, 0.4) is 0 Å². The molecule has 0 saturated carbocycles. The summed E-state index contributed by atoms with van der Waals surface area (Å²) in [6.07, 6.45) is -3.80. The van der Waals surface area contributed by atoms with E-state index in [9.17, 15) is 26.0 Å². The molecular weight excluding hydrogens is 376 g/mol. The van der Waals surface area contributed by atoms with Crippen LogP contribution in [0.15, 0.2) is 53.6 Å². The summed E-state index contributed by atoms with van der Waals surface area (Å²) in [6, 6.07) is 7.84. The summed E-state index contributed by atoms with van der Waals surface area (Å²) < 4.78 is 75.7. The van der Waals surface area contributed by atoms with Gasteiger partial charge in [0.15, 0.2) is 11.5 Å². The first-order chi connectivity index (χ1) is 12.1. The number of hydrogen-bond acceptors (Lipinski definition) is 4. The lowest BCUT2D eigenvalue weighted by Crippen LogP contribution is -2.13. The largest absolute Gasteiger partial charge is 0.435 e. The van der Waals surface area contributed by atoms with Crippen molar-refractivity contribution in [1.29, 1.82) is 0 Å². The van der Waals surface area contributed by atoms with Crippen molar-refractivity contribution in [1.82, 2.24) is 14.8 Å². The normalized spacial score (nSPS) is 12.3. The van der Waals surface area contributed by atoms with E-state index in [-0.39, 0.29) is 22.0 Å². The molecule has 0 amide bonds. The van der Waals surface area contributed by atoms with E-state index in [0.717, 1.165) is 35.1 Å². The first-order valence-electron chi connectivity index (χ1n) is 6.98. The van der Waals surface area contributed by atoms with Gasteiger partial charge in [0.1, 0.15) is 10.7 Å². The zero-order valence-electron chi connectivity index (χ0n) is 12.8. The van der Waals surface area contributed by atoms with Gasteiger partial charge in [0.25, 0.3) is 0 Å². The molecule has 0 fully saturated rings. The summed E-state index contributed by atoms with van der Waals surface area (Å²) in [6.45, 7) is 0. The van der Waals surface area contributed by atoms with Gasteiger partial charge in [-0.1, -0.05) is 0 Å². The minimum absolute atomic E-state index is 0.00757. The Morgan fingerprint density at radius 2 is 1.69 bits per heavy atom. The Bertz CT molecular complexity index is 1040. The van der Waals surface area contributed by atoms with Gasteiger partial charge < -0.3 is 0 Å². The second-order valence-corrected chi connectivity index (χ2v) is 6.79. The summed E-state index contributed by atoms with van der Waals surface area (Å²) in [5.41, 5.74) is -0.894. The number of primary sulfonamides is 1. The van der Waals surface area contributed by atoms with Crippen molar-refractivity contribution in [3.05, 3.63) is 60.2 Å². The standard InChI is InChI=1S/C15H10F4N4O2S/c16-10-3-1-9(2-4-10)12-7-13(15(17,18)19)22-23(12)14-6-5-11(8-21-14)26(20,24)25/h1-8H,(H2,20,24,25). The summed E-state index contributed by atoms with van der Waals surface area (Å²) in [4.78, 5) is 3.52. The second kappa shape index (κ2) is 6.18. The lowest BCUT2D eigenvalue weighted by Gasteiger charge is -2.07. The fraction of sp³-hybridized carbons (Fsp3) is 0.0667. The Hall–Kier alpha value is -2.79. The fourth-order valence-electron chi connectivity index (χ4n) is 2.19. The molecule has 0 unspecified atom stereocenters. The van der Waals surface area contributed by atoms with Crippen LogP contribution in [0.25, 0.3) is 17.1 Å². The van der Waals surface area contributed by atoms with Gasteiger partial charge in [0.2, 0.25) is 10.0 Å². The van der Waals surface area contributed by atoms with Gasteiger partial charge in [0.05, 0.1) is 5.69 Å². The molecule has 2 aromatic heterocycles. The molecule has 0 aliphatic heterocycles. The fourth-order valence-corrected chi connectivity index (χ4v) is 2.64. The third-order valence-electron chi connectivity index (χ3n) is 3.41. The predicted molar refractivity (Wildman–Crippen MR) is 83.1 cm³/mol. The average molecular weight is 386 g/mol. The minimum atomic E-state index is -4.71. The van der Waals surface area contributed by atoms with Crippen LogP contribution in [0.2, 0.25) is 0 Å². The number of rotatable bonds is 3. The lowest BCUT2D eigenvalue weighted by molar-refractivity contribution is -0.141. The van der Waals surface area contributed by atoms with Crippen LogP contribution in [0.1, 0.15) is 5.69 Å². The Morgan fingerprint density at radius 1 is 1.04 bits per heavy atom. The van der Waals surface area contributed by atoms with E-state index in [1.807, 2.05) is 0 Å². The number of nitrogens with two attached hydrogens (primary N) is 1. The van der Waals surface area contributed by atoms with E-state index >= 15 is 0 Å². The van der Waals surface area contributed by atoms with E-state index in [1.165, 1.54) is 18.2 Å². The molecule has 2 N–H and O–H groups in total. The summed E-state index contributed by atoms with van der Waals surface area (Å²) in [5.74, 6) is -0.612. The van der Waals surface area contributed by atoms with E-state index in [4.69, 9.17) is 5.14 Å². The number of hydrogen-bond donors (Lipinski definition) is 1. The average Bonchev–Trinajstić information content (AvgIpc) is 3.00. The van der Waals surface area contributed by atoms with E-state index < -0.39 is 27.7 Å². The highest BCUT2D eigenvalue weighted by molar-refractivity contribution is 7.89. The van der Waals surface area contributed by atoms with Crippen LogP contribution < -0.4 is 5.14 Å². The molecule has 0 aliphatic carbocycles. The first kappa shape index (κ1) is 18.0. The van der Waals surface area contributed by atoms with Crippen molar-refractivity contribution in [2.45, 2.75) is 11.1 Å². The van der Waals surface area contributed by atoms with E-state index in [1.54, 1.807) is 0 Å². The number of alkyl halides is 3. The maximum atomic E-state index is 13.1. The Morgan fingerprint density at radius 3 is 2.19 bits per heavy atom. The summed E-state index contributed by atoms with van der Waals surface area (Å²) >= 11 is 0. The summed E-state index contributed by atoms with van der Waals surface area (Å²) in [5, 5.41) is 8.46. The molecular formula is C15H10F4N4O2S. The quantitative estimate of drug-likeness (QED) is 0.701. The van der Waals surface area contributed by atoms with Gasteiger partial charge in [-0.15, -0.1) is 0 Å². The predicted octanol–water partition coefficient (Wildman–Crippen LogP) is 2.74. The number of pyridine rings is 1. The van der Waals surface area contributed by atoms with Crippen LogP contribution in [-0.4, -0.2) is 23.2 Å². The van der Waals surface area contributed by atoms with Crippen LogP contribution in [0.5, 0.6) is 0 Å². The Balaban J connectivity index is 2.16. The lowest BCUT2D eigenvalue weighted by atomic mass is 10.1. The first-order valence-corrected chi connectivity index (χ1v) is 8.53. The third-order valence-corrected chi connectivity index (χ3v) is 4.30. The molecule has 0 atom stereocenters. The molecule has 0 radical (unpaired) electrons. The highest BCUT2D eigenvalue weighted by Crippen LogP contribution is 2.33. The van der Waals surface area contributed by atoms with Crippen molar-refractivity contribution in [2.75, 3.05) is 0 Å². The van der Waals surface area contributed by atoms with Gasteiger partial charge in [-0.3, -0.25) is 0 Å². The van der Waals surface area contributed by atoms with Crippen LogP contribution in [0, 0.1) is 5.82 Å². The van der Waals surface area contributed by atoms with E-state index in [0.29, 0.717) is 0 Å². The number of halogens is 4. The molecule has 136 valence electrons. The van der Waals surface area contributed by atoms with Crippen molar-refractivity contribution < 1.29 is 26.0 Å². The number of benzene rings is 1. The summed E-state index contributed by atoms with van der Waals surface area (Å²) in [7, 11) is -4.00. The molecule has 2 heterocycles. The van der Waals surface area contributed by atoms with Crippen LogP contribution in [0.4, 0.5) is 17.6 Å². The van der Waals surface area contributed by atoms with Crippen molar-refractivity contribution in [2.24, 2.45) is 5.14 Å². The third kappa shape index (κ3) is 3.58. The van der Waals surface area contributed by atoms with Gasteiger partial charge in [-0.25, -0.2) is 27.6 Å². The van der Waals surface area contributed by atoms with Gasteiger partial charge in [0, 0.05) is 11.8 Å². The van der Waals surface area contributed by atoms with E-state index in [2.05, 4.69) is 10.1 Å². The number of aromatic nitrogens is 3. The van der Waals surface area contributed by atoms with Crippen molar-refractivity contribution >= 4 is 10.0 Å². The Labute approximate surface area is 145 Å². The molecule has 3 rings (SSSR count). The number of sulfonamides is 1. The molecule has 0 spiro atoms. The maximum Gasteiger partial charge on any atom is 0.435 e. The van der Waals surface area contributed by atoms with Gasteiger partial charge >= 0.3 is 6.18 Å². The highest BCUT2D eigenvalue weighted by atomic mass is 32.2. The molecule has 3 aromatic rings. The molecule has 6 nitrogen and oxygen atoms in total. The molecule has 11 heteroatoms. The smallest absolute Gasteiger partial charge is 0.236 e. The Kier molecular flexibility index (Phi) is 4.28. The van der Waals surface area contributed by atoms with Crippen molar-refractivity contribution in [3.63, 3.8) is 0 Å². The topological polar surface area (TPSA) is 90.9 Å². The van der Waals surface area contributed by atoms with Crippen LogP contribution in [-0.2, 0) is 16.2 Å². The molecule has 1 aromatic carbocycles. The highest BCUT2D eigenvalue weighted by Gasteiger charge is 2.35. The zero-order valence-corrected chi connectivity index (χ0v) is 13.6. The number of nitrogens with zero attached hydrogens (tertiary/aromatic N) is 3. The van der Waals surface area contributed by atoms with Gasteiger partial charge in [-0.05, 0) is 42.5 Å². The molecule has 0 aliphatic rings. The van der Waals surface area contributed by atoms with Crippen LogP contribution >= 0.6 is 0 Å². The van der Waals surface area contributed by atoms with Crippen molar-refractivity contribution in [3.8, 4) is 17.1 Å². The minimum Gasteiger partial charge on any atom is -0.236 e. The molecule has 26 heavy (non-hydrogen) atoms. The zero-order chi connectivity index (χ0) is 19.1. The monoisotopic (exact) mass is 386 g/mol. The maximum absolute atomic E-state index is 13.1. The van der Waals surface area contributed by atoms with Gasteiger partial charge in [-0.2, -0.15) is 18.3 Å². The second-order valence-electron chi connectivity index (χ2n) is 5.23. The SMILES string of the molecule is NS(=O)(=O)c1ccc(-n2nc(C(F)(F)F)cc2-c2ccc(F)cc2)nc1. The molecule has 0 saturated heterocycles. The molecule has 0 bridgehead atoms.